The van der Waals surface area contributed by atoms with E-state index in [2.05, 4.69) is 27.4 Å². The largest absolute Gasteiger partial charge is 0.383 e. The second-order valence-electron chi connectivity index (χ2n) is 8.77. The quantitative estimate of drug-likeness (QED) is 0.256. The molecule has 2 N–H and O–H groups in total. The van der Waals surface area contributed by atoms with Crippen molar-refractivity contribution >= 4 is 35.8 Å². The average molecular weight is 536 g/mol. The number of methoxy groups -OCH3 is 1. The van der Waals surface area contributed by atoms with Gasteiger partial charge in [-0.2, -0.15) is 0 Å². The number of carbonyl (C=O) groups excluding carboxylic acids is 1. The van der Waals surface area contributed by atoms with Crippen molar-refractivity contribution in [1.82, 2.24) is 20.4 Å². The van der Waals surface area contributed by atoms with Crippen LogP contribution in [0.4, 0.5) is 0 Å². The molecule has 0 aromatic heterocycles. The van der Waals surface area contributed by atoms with Gasteiger partial charge in [-0.05, 0) is 39.0 Å². The maximum Gasteiger partial charge on any atom is 0.225 e. The number of rotatable bonds is 10. The minimum atomic E-state index is 0. The number of ether oxygens (including phenoxy) is 1. The summed E-state index contributed by atoms with van der Waals surface area (Å²) in [6.07, 6.45) is 9.50. The Bertz CT molecular complexity index is 538. The van der Waals surface area contributed by atoms with Crippen molar-refractivity contribution in [2.24, 2.45) is 10.9 Å². The van der Waals surface area contributed by atoms with Crippen LogP contribution in [-0.2, 0) is 9.53 Å². The molecule has 1 heterocycles. The van der Waals surface area contributed by atoms with E-state index >= 15 is 0 Å². The van der Waals surface area contributed by atoms with Crippen LogP contribution in [0.5, 0.6) is 0 Å². The maximum absolute atomic E-state index is 12.8. The second kappa shape index (κ2) is 13.7. The molecule has 0 aromatic rings. The zero-order valence-corrected chi connectivity index (χ0v) is 21.2. The lowest BCUT2D eigenvalue weighted by molar-refractivity contribution is -0.135. The molecule has 2 saturated carbocycles. The van der Waals surface area contributed by atoms with Gasteiger partial charge in [0.2, 0.25) is 5.91 Å². The summed E-state index contributed by atoms with van der Waals surface area (Å²) in [5, 5.41) is 6.94. The summed E-state index contributed by atoms with van der Waals surface area (Å²) >= 11 is 0. The maximum atomic E-state index is 12.8. The van der Waals surface area contributed by atoms with Crippen LogP contribution in [0, 0.1) is 5.92 Å². The van der Waals surface area contributed by atoms with Crippen LogP contribution in [0.3, 0.4) is 0 Å². The van der Waals surface area contributed by atoms with Gasteiger partial charge in [0.05, 0.1) is 13.2 Å². The Morgan fingerprint density at radius 2 is 1.90 bits per heavy atom. The molecule has 0 aromatic carbocycles. The Labute approximate surface area is 199 Å². The normalized spacial score (nSPS) is 22.8. The van der Waals surface area contributed by atoms with Gasteiger partial charge in [0.25, 0.3) is 0 Å². The highest BCUT2D eigenvalue weighted by Crippen LogP contribution is 2.27. The predicted molar refractivity (Wildman–Crippen MR) is 133 cm³/mol. The molecule has 1 amide bonds. The van der Waals surface area contributed by atoms with E-state index in [9.17, 15) is 4.79 Å². The van der Waals surface area contributed by atoms with E-state index in [-0.39, 0.29) is 29.9 Å². The van der Waals surface area contributed by atoms with Gasteiger partial charge in [0, 0.05) is 57.8 Å². The lowest BCUT2D eigenvalue weighted by atomic mass is 9.88. The van der Waals surface area contributed by atoms with E-state index in [1.54, 1.807) is 7.11 Å². The molecule has 0 spiro atoms. The number of hydrogen-bond acceptors (Lipinski definition) is 4. The van der Waals surface area contributed by atoms with Crippen LogP contribution in [0.25, 0.3) is 0 Å². The Morgan fingerprint density at radius 1 is 1.13 bits per heavy atom. The molecule has 3 rings (SSSR count). The van der Waals surface area contributed by atoms with Crippen LogP contribution in [0.1, 0.15) is 58.3 Å². The van der Waals surface area contributed by atoms with Crippen molar-refractivity contribution in [2.45, 2.75) is 70.4 Å². The van der Waals surface area contributed by atoms with Crippen LogP contribution >= 0.6 is 24.0 Å². The van der Waals surface area contributed by atoms with Crippen LogP contribution in [0.2, 0.25) is 0 Å². The number of halogens is 1. The van der Waals surface area contributed by atoms with Gasteiger partial charge in [-0.3, -0.25) is 14.7 Å². The highest BCUT2D eigenvalue weighted by atomic mass is 127. The van der Waals surface area contributed by atoms with Crippen molar-refractivity contribution in [3.05, 3.63) is 0 Å². The monoisotopic (exact) mass is 535 g/mol. The lowest BCUT2D eigenvalue weighted by Crippen LogP contribution is -2.46. The van der Waals surface area contributed by atoms with E-state index < -0.39 is 0 Å². The van der Waals surface area contributed by atoms with Crippen molar-refractivity contribution in [2.75, 3.05) is 53.0 Å². The Hall–Kier alpha value is -0.610. The van der Waals surface area contributed by atoms with Crippen LogP contribution < -0.4 is 10.6 Å². The summed E-state index contributed by atoms with van der Waals surface area (Å²) in [6.45, 7) is 8.15. The minimum Gasteiger partial charge on any atom is -0.383 e. The first-order valence-corrected chi connectivity index (χ1v) is 11.8. The van der Waals surface area contributed by atoms with Crippen LogP contribution in [0.15, 0.2) is 4.99 Å². The van der Waals surface area contributed by atoms with Gasteiger partial charge < -0.3 is 20.3 Å². The molecule has 0 bridgehead atoms. The first kappa shape index (κ1) is 25.6. The number of amides is 1. The molecule has 1 unspecified atom stereocenters. The average Bonchev–Trinajstić information content (AvgIpc) is 3.49. The third-order valence-electron chi connectivity index (χ3n) is 6.44. The SMILES string of the molecule is CCNC(=NCCN(CCOC)C1CC1)NC1CCN(C(=O)C2CCCCC2)C1.I. The molecule has 30 heavy (non-hydrogen) atoms. The van der Waals surface area contributed by atoms with E-state index in [1.165, 1.54) is 32.1 Å². The summed E-state index contributed by atoms with van der Waals surface area (Å²) in [7, 11) is 1.76. The molecule has 174 valence electrons. The predicted octanol–water partition coefficient (Wildman–Crippen LogP) is 2.45. The first-order chi connectivity index (χ1) is 14.2. The molecule has 1 atom stereocenters. The second-order valence-corrected chi connectivity index (χ2v) is 8.77. The topological polar surface area (TPSA) is 69.2 Å². The molecule has 3 aliphatic rings. The summed E-state index contributed by atoms with van der Waals surface area (Å²) < 4.78 is 5.24. The zero-order valence-electron chi connectivity index (χ0n) is 18.9. The number of aliphatic imine (C=N–C) groups is 1. The molecule has 7 nitrogen and oxygen atoms in total. The molecule has 1 aliphatic heterocycles. The summed E-state index contributed by atoms with van der Waals surface area (Å²) in [4.78, 5) is 22.2. The molecular formula is C22H42IN5O2. The first-order valence-electron chi connectivity index (χ1n) is 11.8. The van der Waals surface area contributed by atoms with Crippen molar-refractivity contribution in [1.29, 1.82) is 0 Å². The van der Waals surface area contributed by atoms with Gasteiger partial charge in [-0.15, -0.1) is 24.0 Å². The Kier molecular flexibility index (Phi) is 11.7. The standard InChI is InChI=1S/C22H41N5O2.HI/c1-3-23-22(24-12-14-26(15-16-29-2)20-9-10-20)25-19-11-13-27(17-19)21(28)18-7-5-4-6-8-18;/h18-20H,3-17H2,1-2H3,(H2,23,24,25);1H. The fourth-order valence-electron chi connectivity index (χ4n) is 4.61. The summed E-state index contributed by atoms with van der Waals surface area (Å²) in [5.74, 6) is 1.53. The zero-order chi connectivity index (χ0) is 20.5. The van der Waals surface area contributed by atoms with Gasteiger partial charge in [0.1, 0.15) is 0 Å². The molecule has 3 fully saturated rings. The highest BCUT2D eigenvalue weighted by molar-refractivity contribution is 14.0. The number of nitrogens with one attached hydrogen (secondary N) is 2. The van der Waals surface area contributed by atoms with Gasteiger partial charge in [0.15, 0.2) is 5.96 Å². The van der Waals surface area contributed by atoms with E-state index in [0.717, 1.165) is 77.1 Å². The fourth-order valence-corrected chi connectivity index (χ4v) is 4.61. The minimum absolute atomic E-state index is 0. The fraction of sp³-hybridized carbons (Fsp3) is 0.909. The highest BCUT2D eigenvalue weighted by Gasteiger charge is 2.32. The van der Waals surface area contributed by atoms with E-state index in [4.69, 9.17) is 9.73 Å². The third-order valence-corrected chi connectivity index (χ3v) is 6.44. The summed E-state index contributed by atoms with van der Waals surface area (Å²) in [5.41, 5.74) is 0. The number of nitrogens with zero attached hydrogens (tertiary/aromatic N) is 3. The third kappa shape index (κ3) is 8.15. The Balaban J connectivity index is 0.00000320. The lowest BCUT2D eigenvalue weighted by Gasteiger charge is -2.26. The van der Waals surface area contributed by atoms with Gasteiger partial charge in [-0.25, -0.2) is 0 Å². The van der Waals surface area contributed by atoms with Crippen molar-refractivity contribution in [3.8, 4) is 0 Å². The molecular weight excluding hydrogens is 493 g/mol. The van der Waals surface area contributed by atoms with Crippen molar-refractivity contribution in [3.63, 3.8) is 0 Å². The number of hydrogen-bond donors (Lipinski definition) is 2. The van der Waals surface area contributed by atoms with Crippen LogP contribution in [-0.4, -0.2) is 86.7 Å². The molecule has 0 radical (unpaired) electrons. The van der Waals surface area contributed by atoms with Crippen molar-refractivity contribution < 1.29 is 9.53 Å². The number of likely N-dealkylation sites (tertiary alicyclic amines) is 1. The molecule has 2 aliphatic carbocycles. The Morgan fingerprint density at radius 3 is 2.57 bits per heavy atom. The molecule has 1 saturated heterocycles. The van der Waals surface area contributed by atoms with Gasteiger partial charge in [-0.1, -0.05) is 19.3 Å². The van der Waals surface area contributed by atoms with E-state index in [0.29, 0.717) is 11.9 Å². The van der Waals surface area contributed by atoms with Gasteiger partial charge >= 0.3 is 0 Å². The smallest absolute Gasteiger partial charge is 0.225 e. The summed E-state index contributed by atoms with van der Waals surface area (Å²) in [6, 6.07) is 1.03. The molecule has 8 heteroatoms. The number of guanidine groups is 1. The van der Waals surface area contributed by atoms with E-state index in [1.807, 2.05) is 0 Å². The number of carbonyl (C=O) groups is 1.